The summed E-state index contributed by atoms with van der Waals surface area (Å²) in [6.45, 7) is 0. The van der Waals surface area contributed by atoms with Gasteiger partial charge in [-0.3, -0.25) is 19.2 Å². The Bertz CT molecular complexity index is 2200. The van der Waals surface area contributed by atoms with Gasteiger partial charge in [-0.25, -0.2) is 13.6 Å². The van der Waals surface area contributed by atoms with Crippen molar-refractivity contribution in [3.8, 4) is 5.75 Å². The molecule has 0 radical (unpaired) electrons. The molecule has 0 fully saturated rings. The number of nitro groups is 1. The fraction of sp³-hybridized carbons (Fsp3) is 0. The van der Waals surface area contributed by atoms with E-state index in [-0.39, 0.29) is 32.7 Å². The van der Waals surface area contributed by atoms with Gasteiger partial charge in [0.2, 0.25) is 10.0 Å². The minimum Gasteiger partial charge on any atom is -0.505 e. The molecule has 0 atom stereocenters. The second-order valence-electron chi connectivity index (χ2n) is 8.47. The highest BCUT2D eigenvalue weighted by atomic mass is 32.2. The molecule has 0 saturated carbocycles. The van der Waals surface area contributed by atoms with E-state index >= 15 is 0 Å². The molecule has 0 aromatic heterocycles. The van der Waals surface area contributed by atoms with Crippen molar-refractivity contribution in [2.45, 2.75) is 14.7 Å². The topological polar surface area (TPSA) is 308 Å². The van der Waals surface area contributed by atoms with E-state index in [1.807, 2.05) is 0 Å². The molecular formula is C22H17N7O11S3. The zero-order chi connectivity index (χ0) is 31.9. The molecule has 0 saturated heterocycles. The Balaban J connectivity index is 1.89. The summed E-state index contributed by atoms with van der Waals surface area (Å²) in [6, 6.07) is 10.1. The minimum absolute atomic E-state index is 0.00134. The van der Waals surface area contributed by atoms with Gasteiger partial charge in [0.25, 0.3) is 25.9 Å². The highest BCUT2D eigenvalue weighted by Crippen LogP contribution is 2.46. The third-order valence-electron chi connectivity index (χ3n) is 5.63. The van der Waals surface area contributed by atoms with Crippen molar-refractivity contribution < 1.29 is 44.4 Å². The summed E-state index contributed by atoms with van der Waals surface area (Å²) in [5.41, 5.74) is 3.68. The average Bonchev–Trinajstić information content (AvgIpc) is 2.90. The summed E-state index contributed by atoms with van der Waals surface area (Å²) in [5.74, 6) is -0.876. The number of anilines is 1. The van der Waals surface area contributed by atoms with Crippen LogP contribution in [0.3, 0.4) is 0 Å². The number of phenolic OH excluding ortho intramolecular Hbond substituents is 1. The van der Waals surface area contributed by atoms with Crippen molar-refractivity contribution in [2.24, 2.45) is 25.6 Å². The maximum atomic E-state index is 12.3. The predicted molar refractivity (Wildman–Crippen MR) is 149 cm³/mol. The lowest BCUT2D eigenvalue weighted by molar-refractivity contribution is -0.385. The number of primary sulfonamides is 1. The van der Waals surface area contributed by atoms with E-state index in [2.05, 4.69) is 20.5 Å². The van der Waals surface area contributed by atoms with Crippen molar-refractivity contribution in [1.29, 1.82) is 0 Å². The number of phenols is 1. The highest BCUT2D eigenvalue weighted by Gasteiger charge is 2.25. The zero-order valence-corrected chi connectivity index (χ0v) is 23.4. The molecule has 0 unspecified atom stereocenters. The van der Waals surface area contributed by atoms with Crippen LogP contribution in [0.2, 0.25) is 0 Å². The van der Waals surface area contributed by atoms with Crippen LogP contribution in [-0.4, -0.2) is 44.4 Å². The van der Waals surface area contributed by atoms with Crippen LogP contribution >= 0.6 is 0 Å². The fourth-order valence-electron chi connectivity index (χ4n) is 3.67. The summed E-state index contributed by atoms with van der Waals surface area (Å²) < 4.78 is 90.4. The molecule has 0 aliphatic heterocycles. The number of aromatic hydroxyl groups is 1. The normalized spacial score (nSPS) is 12.8. The van der Waals surface area contributed by atoms with E-state index in [0.717, 1.165) is 30.3 Å². The summed E-state index contributed by atoms with van der Waals surface area (Å²) in [7, 11) is -14.1. The molecule has 7 N–H and O–H groups in total. The number of fused-ring (bicyclic) bond motifs is 1. The van der Waals surface area contributed by atoms with Gasteiger partial charge in [-0.15, -0.1) is 15.3 Å². The summed E-state index contributed by atoms with van der Waals surface area (Å²) in [4.78, 5) is 7.96. The van der Waals surface area contributed by atoms with Gasteiger partial charge >= 0.3 is 0 Å². The Morgan fingerprint density at radius 3 is 1.88 bits per heavy atom. The SMILES string of the molecule is Nc1ccc(N=Nc2ccc([N+](=O)[O-])cc2S(=O)(=O)O)c2cc(S(=O)(=O)O)c(N=Nc3ccc(S(N)(=O)=O)cc3)c(O)c12. The largest absolute Gasteiger partial charge is 0.505 e. The number of nitro benzene ring substituents is 1. The molecule has 0 heterocycles. The van der Waals surface area contributed by atoms with E-state index in [1.54, 1.807) is 0 Å². The standard InChI is InChI=1S/C22H17N7O11S3/c23-15-6-8-16(26-27-17-7-3-12(29(31)32)9-18(17)42(35,36)37)14-10-19(43(38,39)40)21(22(30)20(14)15)28-25-11-1-4-13(5-2-11)41(24,33)34/h1-10,30H,23H2,(H2,24,33,34)(H,35,36,37)(H,38,39,40). The molecule has 4 aromatic carbocycles. The van der Waals surface area contributed by atoms with Crippen molar-refractivity contribution in [3.63, 3.8) is 0 Å². The van der Waals surface area contributed by atoms with Gasteiger partial charge < -0.3 is 10.8 Å². The summed E-state index contributed by atoms with van der Waals surface area (Å²) >= 11 is 0. The molecule has 18 nitrogen and oxygen atoms in total. The zero-order valence-electron chi connectivity index (χ0n) is 21.0. The average molecular weight is 652 g/mol. The van der Waals surface area contributed by atoms with Gasteiger partial charge in [-0.1, -0.05) is 0 Å². The first kappa shape index (κ1) is 31.0. The summed E-state index contributed by atoms with van der Waals surface area (Å²) in [6.07, 6.45) is 0. The first-order chi connectivity index (χ1) is 19.9. The number of nitrogen functional groups attached to an aromatic ring is 1. The first-order valence-electron chi connectivity index (χ1n) is 11.2. The van der Waals surface area contributed by atoms with E-state index in [1.165, 1.54) is 24.3 Å². The number of azo groups is 2. The lowest BCUT2D eigenvalue weighted by Crippen LogP contribution is -2.11. The van der Waals surface area contributed by atoms with Crippen molar-refractivity contribution in [2.75, 3.05) is 5.73 Å². The van der Waals surface area contributed by atoms with Crippen molar-refractivity contribution >= 4 is 75.2 Å². The number of hydrogen-bond acceptors (Lipinski definition) is 14. The number of non-ortho nitro benzene ring substituents is 1. The van der Waals surface area contributed by atoms with Gasteiger partial charge in [-0.05, 0) is 48.5 Å². The lowest BCUT2D eigenvalue weighted by atomic mass is 10.0. The van der Waals surface area contributed by atoms with Gasteiger partial charge in [0.05, 0.1) is 26.6 Å². The molecule has 0 spiro atoms. The number of rotatable bonds is 8. The Morgan fingerprint density at radius 2 is 1.33 bits per heavy atom. The monoisotopic (exact) mass is 651 g/mol. The van der Waals surface area contributed by atoms with Crippen LogP contribution in [0.1, 0.15) is 0 Å². The molecule has 4 aromatic rings. The maximum Gasteiger partial charge on any atom is 0.297 e. The molecule has 0 bridgehead atoms. The van der Waals surface area contributed by atoms with Gasteiger partial charge in [0, 0.05) is 23.2 Å². The lowest BCUT2D eigenvalue weighted by Gasteiger charge is -2.12. The molecule has 0 amide bonds. The van der Waals surface area contributed by atoms with E-state index in [0.29, 0.717) is 6.07 Å². The quantitative estimate of drug-likeness (QED) is 0.0593. The number of nitrogens with two attached hydrogens (primary N) is 2. The van der Waals surface area contributed by atoms with Crippen LogP contribution in [0.5, 0.6) is 5.75 Å². The molecule has 0 aliphatic carbocycles. The second kappa shape index (κ2) is 11.0. The van der Waals surface area contributed by atoms with Crippen LogP contribution in [0.4, 0.5) is 34.1 Å². The Morgan fingerprint density at radius 1 is 0.744 bits per heavy atom. The van der Waals surface area contributed by atoms with Crippen molar-refractivity contribution in [1.82, 2.24) is 0 Å². The van der Waals surface area contributed by atoms with E-state index in [4.69, 9.17) is 10.9 Å². The highest BCUT2D eigenvalue weighted by molar-refractivity contribution is 7.89. The molecular weight excluding hydrogens is 634 g/mol. The summed E-state index contributed by atoms with van der Waals surface area (Å²) in [5, 5.41) is 41.6. The Hall–Kier alpha value is -4.93. The van der Waals surface area contributed by atoms with Gasteiger partial charge in [0.15, 0.2) is 5.75 Å². The van der Waals surface area contributed by atoms with Crippen LogP contribution < -0.4 is 10.9 Å². The minimum atomic E-state index is -5.11. The Labute approximate surface area is 241 Å². The van der Waals surface area contributed by atoms with Crippen LogP contribution in [0.15, 0.2) is 95.8 Å². The molecule has 21 heteroatoms. The molecule has 4 rings (SSSR count). The van der Waals surface area contributed by atoms with E-state index in [9.17, 15) is 49.6 Å². The number of nitrogens with zero attached hydrogens (tertiary/aromatic N) is 5. The van der Waals surface area contributed by atoms with Crippen LogP contribution in [-0.2, 0) is 30.3 Å². The third kappa shape index (κ3) is 6.61. The Kier molecular flexibility index (Phi) is 7.97. The third-order valence-corrected chi connectivity index (χ3v) is 8.31. The number of sulfonamides is 1. The number of hydrogen-bond donors (Lipinski definition) is 5. The molecule has 224 valence electrons. The first-order valence-corrected chi connectivity index (χ1v) is 15.6. The van der Waals surface area contributed by atoms with Crippen molar-refractivity contribution in [3.05, 3.63) is 70.8 Å². The van der Waals surface area contributed by atoms with Crippen LogP contribution in [0.25, 0.3) is 10.8 Å². The van der Waals surface area contributed by atoms with Crippen LogP contribution in [0, 0.1) is 10.1 Å². The fourth-order valence-corrected chi connectivity index (χ4v) is 5.48. The maximum absolute atomic E-state index is 12.3. The number of benzene rings is 4. The predicted octanol–water partition coefficient (Wildman–Crippen LogP) is 4.01. The molecule has 43 heavy (non-hydrogen) atoms. The van der Waals surface area contributed by atoms with Gasteiger partial charge in [-0.2, -0.15) is 21.9 Å². The smallest absolute Gasteiger partial charge is 0.297 e. The van der Waals surface area contributed by atoms with E-state index < -0.39 is 67.8 Å². The molecule has 0 aliphatic rings. The van der Waals surface area contributed by atoms with Gasteiger partial charge in [0.1, 0.15) is 21.2 Å². The second-order valence-corrected chi connectivity index (χ2v) is 12.8.